The summed E-state index contributed by atoms with van der Waals surface area (Å²) in [5.41, 5.74) is 1.94. The summed E-state index contributed by atoms with van der Waals surface area (Å²) in [6.45, 7) is -0.258. The number of carboxylic acid groups (broad SMARTS) is 2. The number of benzene rings is 1. The minimum absolute atomic E-state index is 0.0542. The number of aromatic amines is 1. The number of rotatable bonds is 6. The van der Waals surface area contributed by atoms with Gasteiger partial charge in [-0.1, -0.05) is 6.07 Å². The monoisotopic (exact) mass is 278 g/mol. The van der Waals surface area contributed by atoms with E-state index in [2.05, 4.69) is 10.2 Å². The summed E-state index contributed by atoms with van der Waals surface area (Å²) in [6, 6.07) is 3.42. The minimum Gasteiger partial charge on any atom is -0.481 e. The molecule has 0 amide bonds. The Kier molecular flexibility index (Phi) is 3.99. The molecular formula is C13H14N2O5. The molecule has 1 aromatic heterocycles. The normalized spacial score (nSPS) is 12.4. The largest absolute Gasteiger partial charge is 0.481 e. The zero-order valence-corrected chi connectivity index (χ0v) is 10.5. The summed E-state index contributed by atoms with van der Waals surface area (Å²) in [7, 11) is 0. The number of aliphatic carboxylic acids is 2. The molecule has 0 aliphatic carbocycles. The van der Waals surface area contributed by atoms with Gasteiger partial charge in [-0.2, -0.15) is 5.10 Å². The van der Waals surface area contributed by atoms with Gasteiger partial charge in [-0.05, 0) is 23.6 Å². The Hall–Kier alpha value is -2.41. The van der Waals surface area contributed by atoms with Crippen molar-refractivity contribution in [3.63, 3.8) is 0 Å². The van der Waals surface area contributed by atoms with Gasteiger partial charge in [0.15, 0.2) is 0 Å². The number of H-pyrrole nitrogens is 1. The zero-order valence-electron chi connectivity index (χ0n) is 10.5. The number of nitrogens with zero attached hydrogens (tertiary/aromatic N) is 1. The molecule has 2 rings (SSSR count). The first kappa shape index (κ1) is 14.0. The van der Waals surface area contributed by atoms with Crippen molar-refractivity contribution < 1.29 is 24.9 Å². The third-order valence-corrected chi connectivity index (χ3v) is 3.23. The van der Waals surface area contributed by atoms with Gasteiger partial charge in [0.05, 0.1) is 30.7 Å². The minimum atomic E-state index is -1.16. The van der Waals surface area contributed by atoms with Crippen molar-refractivity contribution in [2.75, 3.05) is 0 Å². The SMILES string of the molecule is O=C(O)C[C@H](Cc1ccc2[nH]ncc2c1CO)C(=O)O. The van der Waals surface area contributed by atoms with Gasteiger partial charge in [0.2, 0.25) is 0 Å². The van der Waals surface area contributed by atoms with Crippen LogP contribution in [0.3, 0.4) is 0 Å². The summed E-state index contributed by atoms with van der Waals surface area (Å²) in [6.07, 6.45) is 1.15. The molecule has 0 saturated carbocycles. The van der Waals surface area contributed by atoms with Crippen molar-refractivity contribution in [1.82, 2.24) is 10.2 Å². The number of nitrogens with one attached hydrogen (secondary N) is 1. The molecule has 4 N–H and O–H groups in total. The molecule has 0 saturated heterocycles. The maximum Gasteiger partial charge on any atom is 0.307 e. The number of aliphatic hydroxyl groups excluding tert-OH is 1. The summed E-state index contributed by atoms with van der Waals surface area (Å²) >= 11 is 0. The van der Waals surface area contributed by atoms with Crippen LogP contribution >= 0.6 is 0 Å². The Balaban J connectivity index is 2.36. The number of fused-ring (bicyclic) bond motifs is 1. The van der Waals surface area contributed by atoms with Crippen LogP contribution in [-0.2, 0) is 22.6 Å². The topological polar surface area (TPSA) is 124 Å². The van der Waals surface area contributed by atoms with Gasteiger partial charge in [0.1, 0.15) is 0 Å². The molecule has 0 fully saturated rings. The van der Waals surface area contributed by atoms with Crippen LogP contribution in [0.5, 0.6) is 0 Å². The average Bonchev–Trinajstić information content (AvgIpc) is 2.85. The maximum atomic E-state index is 11.1. The first-order chi connectivity index (χ1) is 9.52. The quantitative estimate of drug-likeness (QED) is 0.619. The van der Waals surface area contributed by atoms with Gasteiger partial charge in [-0.25, -0.2) is 0 Å². The summed E-state index contributed by atoms with van der Waals surface area (Å²) in [5.74, 6) is -3.35. The van der Waals surface area contributed by atoms with E-state index in [0.717, 1.165) is 5.52 Å². The van der Waals surface area contributed by atoms with E-state index < -0.39 is 24.3 Å². The molecule has 0 aliphatic rings. The fraction of sp³-hybridized carbons (Fsp3) is 0.308. The number of carboxylic acids is 2. The van der Waals surface area contributed by atoms with E-state index in [9.17, 15) is 14.7 Å². The molecule has 20 heavy (non-hydrogen) atoms. The lowest BCUT2D eigenvalue weighted by atomic mass is 9.92. The Morgan fingerprint density at radius 1 is 1.30 bits per heavy atom. The molecule has 1 aromatic carbocycles. The van der Waals surface area contributed by atoms with Crippen LogP contribution < -0.4 is 0 Å². The first-order valence-corrected chi connectivity index (χ1v) is 6.02. The van der Waals surface area contributed by atoms with Crippen LogP contribution in [0.1, 0.15) is 17.5 Å². The van der Waals surface area contributed by atoms with Gasteiger partial charge in [-0.15, -0.1) is 0 Å². The van der Waals surface area contributed by atoms with Crippen molar-refractivity contribution in [3.8, 4) is 0 Å². The highest BCUT2D eigenvalue weighted by Crippen LogP contribution is 2.24. The fourth-order valence-electron chi connectivity index (χ4n) is 2.22. The van der Waals surface area contributed by atoms with Crippen LogP contribution in [0, 0.1) is 5.92 Å². The van der Waals surface area contributed by atoms with E-state index >= 15 is 0 Å². The summed E-state index contributed by atoms with van der Waals surface area (Å²) in [5, 5.41) is 34.6. The van der Waals surface area contributed by atoms with Crippen LogP contribution in [0.2, 0.25) is 0 Å². The molecule has 1 heterocycles. The number of hydrogen-bond acceptors (Lipinski definition) is 4. The number of hydrogen-bond donors (Lipinski definition) is 4. The standard InChI is InChI=1S/C13H14N2O5/c16-6-10-7(1-2-11-9(10)5-14-15-11)3-8(13(19)20)4-12(17)18/h1-2,5,8,16H,3-4,6H2,(H,14,15)(H,17,18)(H,19,20)/t8-/m0/s1. The van der Waals surface area contributed by atoms with Crippen molar-refractivity contribution in [2.45, 2.75) is 19.4 Å². The third kappa shape index (κ3) is 2.77. The molecule has 0 spiro atoms. The van der Waals surface area contributed by atoms with Gasteiger partial charge in [0.25, 0.3) is 0 Å². The van der Waals surface area contributed by atoms with Crippen molar-refractivity contribution in [1.29, 1.82) is 0 Å². The second kappa shape index (κ2) is 5.70. The number of carbonyl (C=O) groups is 2. The smallest absolute Gasteiger partial charge is 0.307 e. The molecule has 7 nitrogen and oxygen atoms in total. The van der Waals surface area contributed by atoms with Gasteiger partial charge in [0, 0.05) is 5.39 Å². The maximum absolute atomic E-state index is 11.1. The van der Waals surface area contributed by atoms with Crippen LogP contribution in [0.4, 0.5) is 0 Å². The molecule has 0 unspecified atom stereocenters. The van der Waals surface area contributed by atoms with E-state index in [1.54, 1.807) is 18.3 Å². The van der Waals surface area contributed by atoms with Crippen LogP contribution in [-0.4, -0.2) is 37.5 Å². The lowest BCUT2D eigenvalue weighted by Crippen LogP contribution is -2.20. The van der Waals surface area contributed by atoms with Gasteiger partial charge in [-0.3, -0.25) is 14.7 Å². The second-order valence-electron chi connectivity index (χ2n) is 4.53. The van der Waals surface area contributed by atoms with E-state index in [1.807, 2.05) is 0 Å². The van der Waals surface area contributed by atoms with E-state index in [-0.39, 0.29) is 13.0 Å². The highest BCUT2D eigenvalue weighted by Gasteiger charge is 2.23. The van der Waals surface area contributed by atoms with Crippen molar-refractivity contribution in [2.24, 2.45) is 5.92 Å². The molecular weight excluding hydrogens is 264 g/mol. The molecule has 7 heteroatoms. The molecule has 0 aliphatic heterocycles. The number of aliphatic hydroxyl groups is 1. The zero-order chi connectivity index (χ0) is 14.7. The van der Waals surface area contributed by atoms with Crippen molar-refractivity contribution >= 4 is 22.8 Å². The summed E-state index contributed by atoms with van der Waals surface area (Å²) < 4.78 is 0. The van der Waals surface area contributed by atoms with E-state index in [4.69, 9.17) is 10.2 Å². The predicted molar refractivity (Wildman–Crippen MR) is 69.1 cm³/mol. The highest BCUT2D eigenvalue weighted by atomic mass is 16.4. The van der Waals surface area contributed by atoms with E-state index in [0.29, 0.717) is 16.5 Å². The van der Waals surface area contributed by atoms with Crippen LogP contribution in [0.15, 0.2) is 18.3 Å². The Morgan fingerprint density at radius 2 is 2.05 bits per heavy atom. The Morgan fingerprint density at radius 3 is 2.65 bits per heavy atom. The predicted octanol–water partition coefficient (Wildman–Crippen LogP) is 0.773. The second-order valence-corrected chi connectivity index (χ2v) is 4.53. The summed E-state index contributed by atoms with van der Waals surface area (Å²) in [4.78, 5) is 21.8. The fourth-order valence-corrected chi connectivity index (χ4v) is 2.22. The molecule has 0 radical (unpaired) electrons. The van der Waals surface area contributed by atoms with Crippen molar-refractivity contribution in [3.05, 3.63) is 29.5 Å². The molecule has 106 valence electrons. The van der Waals surface area contributed by atoms with Crippen LogP contribution in [0.25, 0.3) is 10.9 Å². The first-order valence-electron chi connectivity index (χ1n) is 6.02. The lowest BCUT2D eigenvalue weighted by molar-refractivity contribution is -0.148. The Bertz CT molecular complexity index is 649. The molecule has 1 atom stereocenters. The third-order valence-electron chi connectivity index (χ3n) is 3.23. The molecule has 0 bridgehead atoms. The van der Waals surface area contributed by atoms with Gasteiger partial charge >= 0.3 is 11.9 Å². The lowest BCUT2D eigenvalue weighted by Gasteiger charge is -2.13. The average molecular weight is 278 g/mol. The number of aromatic nitrogens is 2. The van der Waals surface area contributed by atoms with Gasteiger partial charge < -0.3 is 15.3 Å². The van der Waals surface area contributed by atoms with E-state index in [1.165, 1.54) is 0 Å². The highest BCUT2D eigenvalue weighted by molar-refractivity contribution is 5.83. The molecule has 2 aromatic rings. The Labute approximate surface area is 113 Å².